The maximum atomic E-state index is 12.0. The van der Waals surface area contributed by atoms with Crippen LogP contribution in [0, 0.1) is 0 Å². The SMILES string of the molecule is CN(Cc1ccccc1)C(=O)CCc1ccncc1. The average Bonchev–Trinajstić information content (AvgIpc) is 2.47. The zero-order valence-electron chi connectivity index (χ0n) is 11.1. The summed E-state index contributed by atoms with van der Waals surface area (Å²) in [6, 6.07) is 13.9. The van der Waals surface area contributed by atoms with Gasteiger partial charge in [0, 0.05) is 32.4 Å². The molecule has 0 aliphatic carbocycles. The largest absolute Gasteiger partial charge is 0.341 e. The summed E-state index contributed by atoms with van der Waals surface area (Å²) in [5.74, 6) is 0.167. The van der Waals surface area contributed by atoms with Crippen molar-refractivity contribution in [3.05, 3.63) is 66.0 Å². The standard InChI is InChI=1S/C16H18N2O/c1-18(13-15-5-3-2-4-6-15)16(19)8-7-14-9-11-17-12-10-14/h2-6,9-12H,7-8,13H2,1H3. The van der Waals surface area contributed by atoms with Crippen molar-refractivity contribution in [2.45, 2.75) is 19.4 Å². The lowest BCUT2D eigenvalue weighted by Gasteiger charge is -2.17. The number of rotatable bonds is 5. The van der Waals surface area contributed by atoms with Crippen molar-refractivity contribution in [3.63, 3.8) is 0 Å². The highest BCUT2D eigenvalue weighted by Crippen LogP contribution is 2.06. The van der Waals surface area contributed by atoms with Gasteiger partial charge in [0.1, 0.15) is 0 Å². The molecular weight excluding hydrogens is 236 g/mol. The molecule has 1 aromatic carbocycles. The summed E-state index contributed by atoms with van der Waals surface area (Å²) >= 11 is 0. The topological polar surface area (TPSA) is 33.2 Å². The molecule has 98 valence electrons. The van der Waals surface area contributed by atoms with E-state index in [2.05, 4.69) is 4.98 Å². The van der Waals surface area contributed by atoms with Crippen LogP contribution in [0.4, 0.5) is 0 Å². The van der Waals surface area contributed by atoms with E-state index in [1.54, 1.807) is 17.3 Å². The minimum Gasteiger partial charge on any atom is -0.341 e. The fraction of sp³-hybridized carbons (Fsp3) is 0.250. The van der Waals surface area contributed by atoms with Crippen molar-refractivity contribution in [1.82, 2.24) is 9.88 Å². The molecule has 0 atom stereocenters. The van der Waals surface area contributed by atoms with Gasteiger partial charge < -0.3 is 4.90 Å². The molecule has 3 nitrogen and oxygen atoms in total. The summed E-state index contributed by atoms with van der Waals surface area (Å²) in [6.45, 7) is 0.663. The minimum absolute atomic E-state index is 0.167. The minimum atomic E-state index is 0.167. The second kappa shape index (κ2) is 6.69. The van der Waals surface area contributed by atoms with E-state index in [-0.39, 0.29) is 5.91 Å². The fourth-order valence-corrected chi connectivity index (χ4v) is 1.94. The van der Waals surface area contributed by atoms with E-state index >= 15 is 0 Å². The molecule has 3 heteroatoms. The van der Waals surface area contributed by atoms with Crippen molar-refractivity contribution in [1.29, 1.82) is 0 Å². The van der Waals surface area contributed by atoms with Crippen molar-refractivity contribution < 1.29 is 4.79 Å². The van der Waals surface area contributed by atoms with Gasteiger partial charge in [0.25, 0.3) is 0 Å². The smallest absolute Gasteiger partial charge is 0.222 e. The number of amides is 1. The van der Waals surface area contributed by atoms with Gasteiger partial charge in [-0.25, -0.2) is 0 Å². The molecule has 0 radical (unpaired) electrons. The molecule has 0 spiro atoms. The van der Waals surface area contributed by atoms with E-state index in [4.69, 9.17) is 0 Å². The molecule has 1 amide bonds. The summed E-state index contributed by atoms with van der Waals surface area (Å²) in [5.41, 5.74) is 2.30. The van der Waals surface area contributed by atoms with Gasteiger partial charge >= 0.3 is 0 Å². The lowest BCUT2D eigenvalue weighted by Crippen LogP contribution is -2.26. The first-order valence-electron chi connectivity index (χ1n) is 6.42. The summed E-state index contributed by atoms with van der Waals surface area (Å²) in [5, 5.41) is 0. The van der Waals surface area contributed by atoms with E-state index in [0.717, 1.165) is 17.5 Å². The molecule has 0 saturated heterocycles. The quantitative estimate of drug-likeness (QED) is 0.822. The van der Waals surface area contributed by atoms with Gasteiger partial charge in [-0.3, -0.25) is 9.78 Å². The molecule has 0 bridgehead atoms. The summed E-state index contributed by atoms with van der Waals surface area (Å²) < 4.78 is 0. The predicted octanol–water partition coefficient (Wildman–Crippen LogP) is 2.67. The number of benzene rings is 1. The van der Waals surface area contributed by atoms with E-state index in [1.165, 1.54) is 0 Å². The average molecular weight is 254 g/mol. The molecular formula is C16H18N2O. The van der Waals surface area contributed by atoms with Gasteiger partial charge in [-0.1, -0.05) is 30.3 Å². The van der Waals surface area contributed by atoms with Gasteiger partial charge in [0.2, 0.25) is 5.91 Å². The molecule has 2 rings (SSSR count). The van der Waals surface area contributed by atoms with E-state index in [9.17, 15) is 4.79 Å². The van der Waals surface area contributed by atoms with Crippen LogP contribution in [0.25, 0.3) is 0 Å². The molecule has 1 aromatic heterocycles. The lowest BCUT2D eigenvalue weighted by atomic mass is 10.1. The number of carbonyl (C=O) groups is 1. The van der Waals surface area contributed by atoms with Crippen molar-refractivity contribution >= 4 is 5.91 Å². The predicted molar refractivity (Wildman–Crippen MR) is 75.5 cm³/mol. The molecule has 0 aliphatic heterocycles. The maximum absolute atomic E-state index is 12.0. The molecule has 19 heavy (non-hydrogen) atoms. The van der Waals surface area contributed by atoms with Gasteiger partial charge in [-0.15, -0.1) is 0 Å². The van der Waals surface area contributed by atoms with Crippen LogP contribution in [-0.4, -0.2) is 22.8 Å². The number of hydrogen-bond acceptors (Lipinski definition) is 2. The summed E-state index contributed by atoms with van der Waals surface area (Å²) in [7, 11) is 1.85. The van der Waals surface area contributed by atoms with Crippen LogP contribution in [0.5, 0.6) is 0 Å². The summed E-state index contributed by atoms with van der Waals surface area (Å²) in [6.07, 6.45) is 4.81. The second-order valence-electron chi connectivity index (χ2n) is 4.59. The Morgan fingerprint density at radius 2 is 1.74 bits per heavy atom. The van der Waals surface area contributed by atoms with Gasteiger partial charge in [-0.2, -0.15) is 0 Å². The van der Waals surface area contributed by atoms with Gasteiger partial charge in [-0.05, 0) is 29.7 Å². The van der Waals surface area contributed by atoms with E-state index in [0.29, 0.717) is 13.0 Å². The Hall–Kier alpha value is -2.16. The van der Waals surface area contributed by atoms with Gasteiger partial charge in [0.15, 0.2) is 0 Å². The Bertz CT molecular complexity index is 511. The van der Waals surface area contributed by atoms with Crippen molar-refractivity contribution in [2.24, 2.45) is 0 Å². The number of aryl methyl sites for hydroxylation is 1. The van der Waals surface area contributed by atoms with Crippen LogP contribution in [0.3, 0.4) is 0 Å². The zero-order chi connectivity index (χ0) is 13.5. The number of pyridine rings is 1. The van der Waals surface area contributed by atoms with Crippen LogP contribution in [0.15, 0.2) is 54.9 Å². The summed E-state index contributed by atoms with van der Waals surface area (Å²) in [4.78, 5) is 17.8. The molecule has 2 aromatic rings. The Kier molecular flexibility index (Phi) is 4.67. The molecule has 0 N–H and O–H groups in total. The van der Waals surface area contributed by atoms with Crippen LogP contribution < -0.4 is 0 Å². The number of nitrogens with zero attached hydrogens (tertiary/aromatic N) is 2. The van der Waals surface area contributed by atoms with Gasteiger partial charge in [0.05, 0.1) is 0 Å². The van der Waals surface area contributed by atoms with Crippen LogP contribution >= 0.6 is 0 Å². The fourth-order valence-electron chi connectivity index (χ4n) is 1.94. The molecule has 1 heterocycles. The highest BCUT2D eigenvalue weighted by atomic mass is 16.2. The highest BCUT2D eigenvalue weighted by Gasteiger charge is 2.09. The first kappa shape index (κ1) is 13.3. The van der Waals surface area contributed by atoms with Crippen LogP contribution in [0.2, 0.25) is 0 Å². The zero-order valence-corrected chi connectivity index (χ0v) is 11.1. The van der Waals surface area contributed by atoms with Crippen LogP contribution in [-0.2, 0) is 17.8 Å². The van der Waals surface area contributed by atoms with Crippen molar-refractivity contribution in [3.8, 4) is 0 Å². The number of hydrogen-bond donors (Lipinski definition) is 0. The second-order valence-corrected chi connectivity index (χ2v) is 4.59. The monoisotopic (exact) mass is 254 g/mol. The number of aromatic nitrogens is 1. The van der Waals surface area contributed by atoms with Crippen LogP contribution in [0.1, 0.15) is 17.5 Å². The first-order valence-corrected chi connectivity index (χ1v) is 6.42. The van der Waals surface area contributed by atoms with Crippen molar-refractivity contribution in [2.75, 3.05) is 7.05 Å². The third kappa shape index (κ3) is 4.21. The third-order valence-electron chi connectivity index (χ3n) is 3.07. The molecule has 0 fully saturated rings. The Balaban J connectivity index is 1.83. The molecule has 0 saturated carbocycles. The Morgan fingerprint density at radius 3 is 2.42 bits per heavy atom. The van der Waals surface area contributed by atoms with E-state index in [1.807, 2.05) is 49.5 Å². The maximum Gasteiger partial charge on any atom is 0.222 e. The molecule has 0 aliphatic rings. The molecule has 0 unspecified atom stereocenters. The Labute approximate surface area is 113 Å². The first-order chi connectivity index (χ1) is 9.25. The highest BCUT2D eigenvalue weighted by molar-refractivity contribution is 5.76. The number of carbonyl (C=O) groups excluding carboxylic acids is 1. The third-order valence-corrected chi connectivity index (χ3v) is 3.07. The Morgan fingerprint density at radius 1 is 1.05 bits per heavy atom. The lowest BCUT2D eigenvalue weighted by molar-refractivity contribution is -0.130. The van der Waals surface area contributed by atoms with E-state index < -0.39 is 0 Å². The normalized spacial score (nSPS) is 10.2.